The first kappa shape index (κ1) is 13.6. The van der Waals surface area contributed by atoms with Crippen LogP contribution in [0.2, 0.25) is 0 Å². The average Bonchev–Trinajstić information content (AvgIpc) is 2.90. The van der Waals surface area contributed by atoms with E-state index in [0.29, 0.717) is 12.0 Å². The van der Waals surface area contributed by atoms with E-state index in [9.17, 15) is 0 Å². The van der Waals surface area contributed by atoms with E-state index in [2.05, 4.69) is 50.4 Å². The van der Waals surface area contributed by atoms with Gasteiger partial charge in [0.2, 0.25) is 0 Å². The van der Waals surface area contributed by atoms with Gasteiger partial charge in [-0.3, -0.25) is 0 Å². The molecule has 18 heavy (non-hydrogen) atoms. The van der Waals surface area contributed by atoms with Crippen molar-refractivity contribution in [3.8, 4) is 0 Å². The van der Waals surface area contributed by atoms with Crippen LogP contribution in [0.5, 0.6) is 0 Å². The van der Waals surface area contributed by atoms with Crippen molar-refractivity contribution in [3.05, 3.63) is 35.4 Å². The van der Waals surface area contributed by atoms with Gasteiger partial charge >= 0.3 is 0 Å². The van der Waals surface area contributed by atoms with Crippen molar-refractivity contribution < 1.29 is 0 Å². The predicted octanol–water partition coefficient (Wildman–Crippen LogP) is 4.65. The molecule has 0 radical (unpaired) electrons. The van der Waals surface area contributed by atoms with Gasteiger partial charge < -0.3 is 5.32 Å². The van der Waals surface area contributed by atoms with Crippen LogP contribution in [0.3, 0.4) is 0 Å². The molecule has 1 saturated carbocycles. The van der Waals surface area contributed by atoms with Gasteiger partial charge in [-0.2, -0.15) is 0 Å². The monoisotopic (exact) mass is 245 g/mol. The Morgan fingerprint density at radius 2 is 1.61 bits per heavy atom. The molecule has 0 aromatic heterocycles. The van der Waals surface area contributed by atoms with E-state index in [0.717, 1.165) is 12.5 Å². The zero-order chi connectivity index (χ0) is 13.0. The van der Waals surface area contributed by atoms with Crippen LogP contribution in [-0.2, 0) is 0 Å². The van der Waals surface area contributed by atoms with Crippen molar-refractivity contribution in [1.29, 1.82) is 0 Å². The molecule has 1 nitrogen and oxygen atoms in total. The largest absolute Gasteiger partial charge is 0.310 e. The molecule has 0 spiro atoms. The van der Waals surface area contributed by atoms with Crippen molar-refractivity contribution in [2.45, 2.75) is 58.4 Å². The minimum Gasteiger partial charge on any atom is -0.310 e. The minimum absolute atomic E-state index is 0.568. The normalized spacial score (nSPS) is 18.4. The molecule has 1 N–H and O–H groups in total. The van der Waals surface area contributed by atoms with Crippen LogP contribution in [0.25, 0.3) is 0 Å². The summed E-state index contributed by atoms with van der Waals surface area (Å²) in [5.41, 5.74) is 2.92. The van der Waals surface area contributed by atoms with E-state index < -0.39 is 0 Å². The zero-order valence-electron chi connectivity index (χ0n) is 12.1. The first-order valence-corrected chi connectivity index (χ1v) is 7.55. The summed E-state index contributed by atoms with van der Waals surface area (Å²) in [5, 5.41) is 3.69. The van der Waals surface area contributed by atoms with E-state index >= 15 is 0 Å². The Balaban J connectivity index is 2.14. The number of rotatable bonds is 5. The van der Waals surface area contributed by atoms with Crippen molar-refractivity contribution in [3.63, 3.8) is 0 Å². The van der Waals surface area contributed by atoms with Gasteiger partial charge in [0.1, 0.15) is 0 Å². The molecule has 0 heterocycles. The van der Waals surface area contributed by atoms with Crippen LogP contribution >= 0.6 is 0 Å². The second-order valence-corrected chi connectivity index (χ2v) is 5.90. The van der Waals surface area contributed by atoms with Crippen LogP contribution in [0.4, 0.5) is 0 Å². The maximum atomic E-state index is 3.69. The van der Waals surface area contributed by atoms with Crippen LogP contribution < -0.4 is 5.32 Å². The van der Waals surface area contributed by atoms with Gasteiger partial charge in [0.25, 0.3) is 0 Å². The first-order chi connectivity index (χ1) is 8.72. The van der Waals surface area contributed by atoms with E-state index in [1.807, 2.05) is 0 Å². The van der Waals surface area contributed by atoms with Gasteiger partial charge in [-0.15, -0.1) is 0 Å². The maximum Gasteiger partial charge on any atom is 0.0348 e. The van der Waals surface area contributed by atoms with Crippen molar-refractivity contribution in [1.82, 2.24) is 5.32 Å². The lowest BCUT2D eigenvalue weighted by molar-refractivity contribution is 0.374. The number of hydrogen-bond donors (Lipinski definition) is 1. The van der Waals surface area contributed by atoms with Crippen LogP contribution in [-0.4, -0.2) is 6.54 Å². The highest BCUT2D eigenvalue weighted by Gasteiger charge is 2.25. The molecule has 0 amide bonds. The zero-order valence-corrected chi connectivity index (χ0v) is 12.1. The molecule has 1 fully saturated rings. The molecule has 1 aliphatic rings. The first-order valence-electron chi connectivity index (χ1n) is 7.55. The summed E-state index contributed by atoms with van der Waals surface area (Å²) in [5.74, 6) is 1.47. The molecule has 1 atom stereocenters. The third kappa shape index (κ3) is 3.14. The summed E-state index contributed by atoms with van der Waals surface area (Å²) in [7, 11) is 0. The molecule has 0 aliphatic heterocycles. The molecular weight excluding hydrogens is 218 g/mol. The number of hydrogen-bond acceptors (Lipinski definition) is 1. The summed E-state index contributed by atoms with van der Waals surface area (Å²) < 4.78 is 0. The molecule has 2 rings (SSSR count). The van der Waals surface area contributed by atoms with Gasteiger partial charge in [-0.25, -0.2) is 0 Å². The smallest absolute Gasteiger partial charge is 0.0348 e. The summed E-state index contributed by atoms with van der Waals surface area (Å²) >= 11 is 0. The van der Waals surface area contributed by atoms with Gasteiger partial charge in [0.15, 0.2) is 0 Å². The lowest BCUT2D eigenvalue weighted by Crippen LogP contribution is -2.26. The highest BCUT2D eigenvalue weighted by atomic mass is 14.9. The van der Waals surface area contributed by atoms with Gasteiger partial charge in [0, 0.05) is 6.04 Å². The molecule has 1 aliphatic carbocycles. The van der Waals surface area contributed by atoms with Gasteiger partial charge in [0.05, 0.1) is 0 Å². The van der Waals surface area contributed by atoms with E-state index in [4.69, 9.17) is 0 Å². The topological polar surface area (TPSA) is 12.0 Å². The fraction of sp³-hybridized carbons (Fsp3) is 0.647. The highest BCUT2D eigenvalue weighted by Crippen LogP contribution is 2.35. The third-order valence-corrected chi connectivity index (χ3v) is 4.26. The average molecular weight is 245 g/mol. The number of nitrogens with one attached hydrogen (secondary N) is 1. The lowest BCUT2D eigenvalue weighted by atomic mass is 9.90. The van der Waals surface area contributed by atoms with E-state index in [-0.39, 0.29) is 0 Å². The second-order valence-electron chi connectivity index (χ2n) is 5.90. The molecule has 1 heteroatoms. The standard InChI is InChI=1S/C17H27N/c1-4-18-17(15-7-5-6-8-15)16-11-9-14(10-12-16)13(2)3/h9-13,15,17-18H,4-8H2,1-3H3. The molecule has 0 bridgehead atoms. The van der Waals surface area contributed by atoms with Crippen LogP contribution in [0, 0.1) is 5.92 Å². The maximum absolute atomic E-state index is 3.69. The Bertz CT molecular complexity index is 346. The number of benzene rings is 1. The van der Waals surface area contributed by atoms with Crippen molar-refractivity contribution in [2.75, 3.05) is 6.54 Å². The molecule has 1 unspecified atom stereocenters. The second kappa shape index (κ2) is 6.38. The van der Waals surface area contributed by atoms with Crippen molar-refractivity contribution >= 4 is 0 Å². The molecule has 100 valence electrons. The van der Waals surface area contributed by atoms with E-state index in [1.165, 1.54) is 36.8 Å². The molecule has 1 aromatic rings. The van der Waals surface area contributed by atoms with E-state index in [1.54, 1.807) is 0 Å². The Kier molecular flexibility index (Phi) is 4.82. The third-order valence-electron chi connectivity index (χ3n) is 4.26. The molecule has 1 aromatic carbocycles. The lowest BCUT2D eigenvalue weighted by Gasteiger charge is -2.25. The summed E-state index contributed by atoms with van der Waals surface area (Å²) in [6.45, 7) is 7.79. The highest BCUT2D eigenvalue weighted by molar-refractivity contribution is 5.27. The Morgan fingerprint density at radius 1 is 1.06 bits per heavy atom. The fourth-order valence-electron chi connectivity index (χ4n) is 3.16. The SMILES string of the molecule is CCNC(c1ccc(C(C)C)cc1)C1CCCC1. The minimum atomic E-state index is 0.568. The molecular formula is C17H27N. The predicted molar refractivity (Wildman–Crippen MR) is 78.9 cm³/mol. The Hall–Kier alpha value is -0.820. The Morgan fingerprint density at radius 3 is 2.11 bits per heavy atom. The summed E-state index contributed by atoms with van der Waals surface area (Å²) in [4.78, 5) is 0. The Labute approximate surface area is 112 Å². The van der Waals surface area contributed by atoms with Gasteiger partial charge in [-0.05, 0) is 42.3 Å². The van der Waals surface area contributed by atoms with Crippen molar-refractivity contribution in [2.24, 2.45) is 5.92 Å². The quantitative estimate of drug-likeness (QED) is 0.796. The van der Waals surface area contributed by atoms with Gasteiger partial charge in [-0.1, -0.05) is 57.9 Å². The van der Waals surface area contributed by atoms with Crippen LogP contribution in [0.15, 0.2) is 24.3 Å². The fourth-order valence-corrected chi connectivity index (χ4v) is 3.16. The summed E-state index contributed by atoms with van der Waals surface area (Å²) in [6, 6.07) is 9.85. The van der Waals surface area contributed by atoms with Crippen LogP contribution in [0.1, 0.15) is 69.5 Å². The summed E-state index contributed by atoms with van der Waals surface area (Å²) in [6.07, 6.45) is 5.61. The molecule has 0 saturated heterocycles.